The first-order valence-corrected chi connectivity index (χ1v) is 6.52. The summed E-state index contributed by atoms with van der Waals surface area (Å²) in [5.41, 5.74) is 7.93. The lowest BCUT2D eigenvalue weighted by Crippen LogP contribution is -2.22. The summed E-state index contributed by atoms with van der Waals surface area (Å²) in [5, 5.41) is 21.6. The van der Waals surface area contributed by atoms with E-state index in [9.17, 15) is 10.2 Å². The van der Waals surface area contributed by atoms with Gasteiger partial charge in [-0.05, 0) is 17.0 Å². The van der Waals surface area contributed by atoms with Crippen molar-refractivity contribution in [3.63, 3.8) is 0 Å². The molecule has 2 unspecified atom stereocenters. The molecular formula is C15H18N2O2. The Kier molecular flexibility index (Phi) is 3.14. The van der Waals surface area contributed by atoms with Crippen LogP contribution >= 0.6 is 0 Å². The molecule has 2 atom stereocenters. The van der Waals surface area contributed by atoms with Crippen molar-refractivity contribution in [3.05, 3.63) is 42.0 Å². The molecule has 0 saturated carbocycles. The van der Waals surface area contributed by atoms with E-state index in [2.05, 4.69) is 12.1 Å². The minimum Gasteiger partial charge on any atom is -0.389 e. The van der Waals surface area contributed by atoms with Crippen LogP contribution in [0.15, 0.2) is 36.4 Å². The second-order valence-electron chi connectivity index (χ2n) is 5.03. The third kappa shape index (κ3) is 2.08. The molecule has 0 aliphatic carbocycles. The van der Waals surface area contributed by atoms with Gasteiger partial charge in [-0.2, -0.15) is 0 Å². The van der Waals surface area contributed by atoms with E-state index in [0.717, 1.165) is 22.0 Å². The standard InChI is InChI=1S/C15H18N2O2/c16-7-10-5-6-13(12-4-2-1-3-11(10)12)17-8-14(18)15(19)9-17/h1-6,14-15,18-19H,7-9,16H2. The van der Waals surface area contributed by atoms with Crippen LogP contribution in [0.4, 0.5) is 5.69 Å². The fraction of sp³-hybridized carbons (Fsp3) is 0.333. The normalized spacial score (nSPS) is 23.2. The first-order valence-electron chi connectivity index (χ1n) is 6.52. The number of β-amino-alcohol motifs (C(OH)–C–C–N with tert-alkyl or cyclic N) is 2. The highest BCUT2D eigenvalue weighted by atomic mass is 16.3. The average molecular weight is 258 g/mol. The molecule has 0 bridgehead atoms. The minimum atomic E-state index is -0.673. The van der Waals surface area contributed by atoms with Gasteiger partial charge in [0.25, 0.3) is 0 Å². The lowest BCUT2D eigenvalue weighted by Gasteiger charge is -2.21. The smallest absolute Gasteiger partial charge is 0.0990 e. The lowest BCUT2D eigenvalue weighted by atomic mass is 10.0. The number of hydrogen-bond acceptors (Lipinski definition) is 4. The number of nitrogens with zero attached hydrogens (tertiary/aromatic N) is 1. The predicted molar refractivity (Wildman–Crippen MR) is 76.1 cm³/mol. The van der Waals surface area contributed by atoms with Crippen LogP contribution in [0.1, 0.15) is 5.56 Å². The van der Waals surface area contributed by atoms with Gasteiger partial charge in [-0.3, -0.25) is 0 Å². The number of rotatable bonds is 2. The van der Waals surface area contributed by atoms with Crippen molar-refractivity contribution in [2.45, 2.75) is 18.8 Å². The quantitative estimate of drug-likeness (QED) is 0.746. The fourth-order valence-electron chi connectivity index (χ4n) is 2.77. The molecule has 4 N–H and O–H groups in total. The van der Waals surface area contributed by atoms with E-state index < -0.39 is 12.2 Å². The number of aliphatic hydroxyl groups excluding tert-OH is 2. The van der Waals surface area contributed by atoms with Crippen LogP contribution in [0.2, 0.25) is 0 Å². The van der Waals surface area contributed by atoms with Crippen molar-refractivity contribution in [1.29, 1.82) is 0 Å². The number of benzene rings is 2. The average Bonchev–Trinajstić information content (AvgIpc) is 2.77. The maximum Gasteiger partial charge on any atom is 0.0990 e. The summed E-state index contributed by atoms with van der Waals surface area (Å²) in [4.78, 5) is 2.03. The Hall–Kier alpha value is -1.62. The van der Waals surface area contributed by atoms with Gasteiger partial charge in [-0.15, -0.1) is 0 Å². The highest BCUT2D eigenvalue weighted by Gasteiger charge is 2.30. The molecule has 0 spiro atoms. The lowest BCUT2D eigenvalue weighted by molar-refractivity contribution is 0.0572. The summed E-state index contributed by atoms with van der Waals surface area (Å²) in [7, 11) is 0. The van der Waals surface area contributed by atoms with Gasteiger partial charge in [0.05, 0.1) is 12.2 Å². The SMILES string of the molecule is NCc1ccc(N2CC(O)C(O)C2)c2ccccc12. The summed E-state index contributed by atoms with van der Waals surface area (Å²) < 4.78 is 0. The Morgan fingerprint density at radius 2 is 1.63 bits per heavy atom. The maximum absolute atomic E-state index is 9.69. The van der Waals surface area contributed by atoms with Crippen LogP contribution in [-0.2, 0) is 6.54 Å². The number of aliphatic hydroxyl groups is 2. The van der Waals surface area contributed by atoms with Crippen LogP contribution in [0, 0.1) is 0 Å². The molecule has 1 aliphatic heterocycles. The van der Waals surface area contributed by atoms with Gasteiger partial charge in [-0.1, -0.05) is 30.3 Å². The van der Waals surface area contributed by atoms with Gasteiger partial charge >= 0.3 is 0 Å². The van der Waals surface area contributed by atoms with Crippen LogP contribution in [-0.4, -0.2) is 35.5 Å². The largest absolute Gasteiger partial charge is 0.389 e. The van der Waals surface area contributed by atoms with E-state index in [1.165, 1.54) is 0 Å². The Labute approximate surface area is 112 Å². The van der Waals surface area contributed by atoms with E-state index in [-0.39, 0.29) is 0 Å². The number of fused-ring (bicyclic) bond motifs is 1. The summed E-state index contributed by atoms with van der Waals surface area (Å²) >= 11 is 0. The summed E-state index contributed by atoms with van der Waals surface area (Å²) in [6.07, 6.45) is -1.35. The molecule has 1 aliphatic rings. The monoisotopic (exact) mass is 258 g/mol. The van der Waals surface area contributed by atoms with Gasteiger partial charge in [-0.25, -0.2) is 0 Å². The summed E-state index contributed by atoms with van der Waals surface area (Å²) in [6, 6.07) is 12.2. The van der Waals surface area contributed by atoms with E-state index in [4.69, 9.17) is 5.73 Å². The second kappa shape index (κ2) is 4.81. The van der Waals surface area contributed by atoms with Crippen LogP contribution in [0.25, 0.3) is 10.8 Å². The van der Waals surface area contributed by atoms with Crippen LogP contribution in [0.5, 0.6) is 0 Å². The second-order valence-corrected chi connectivity index (χ2v) is 5.03. The van der Waals surface area contributed by atoms with E-state index >= 15 is 0 Å². The van der Waals surface area contributed by atoms with Crippen molar-refractivity contribution in [3.8, 4) is 0 Å². The van der Waals surface area contributed by atoms with E-state index in [1.807, 2.05) is 29.2 Å². The topological polar surface area (TPSA) is 69.7 Å². The Balaban J connectivity index is 2.10. The highest BCUT2D eigenvalue weighted by Crippen LogP contribution is 2.31. The number of nitrogens with two attached hydrogens (primary N) is 1. The zero-order valence-electron chi connectivity index (χ0n) is 10.7. The molecule has 100 valence electrons. The Bertz CT molecular complexity index is 590. The molecule has 4 nitrogen and oxygen atoms in total. The molecule has 4 heteroatoms. The van der Waals surface area contributed by atoms with Crippen molar-refractivity contribution in [2.24, 2.45) is 5.73 Å². The molecule has 1 saturated heterocycles. The summed E-state index contributed by atoms with van der Waals surface area (Å²) in [6.45, 7) is 1.44. The van der Waals surface area contributed by atoms with Crippen LogP contribution in [0.3, 0.4) is 0 Å². The molecule has 2 aromatic rings. The van der Waals surface area contributed by atoms with E-state index in [0.29, 0.717) is 19.6 Å². The van der Waals surface area contributed by atoms with Crippen molar-refractivity contribution in [1.82, 2.24) is 0 Å². The fourth-order valence-corrected chi connectivity index (χ4v) is 2.77. The maximum atomic E-state index is 9.69. The summed E-state index contributed by atoms with van der Waals surface area (Å²) in [5.74, 6) is 0. The van der Waals surface area contributed by atoms with Gasteiger partial charge < -0.3 is 20.8 Å². The van der Waals surface area contributed by atoms with Crippen molar-refractivity contribution < 1.29 is 10.2 Å². The predicted octanol–water partition coefficient (Wildman–Crippen LogP) is 0.840. The highest BCUT2D eigenvalue weighted by molar-refractivity contribution is 5.96. The van der Waals surface area contributed by atoms with E-state index in [1.54, 1.807) is 0 Å². The first-order chi connectivity index (χ1) is 9.20. The van der Waals surface area contributed by atoms with Gasteiger partial charge in [0.2, 0.25) is 0 Å². The zero-order chi connectivity index (χ0) is 13.4. The minimum absolute atomic E-state index is 0.465. The third-order valence-electron chi connectivity index (χ3n) is 3.81. The third-order valence-corrected chi connectivity index (χ3v) is 3.81. The molecule has 19 heavy (non-hydrogen) atoms. The molecular weight excluding hydrogens is 240 g/mol. The van der Waals surface area contributed by atoms with Crippen molar-refractivity contribution >= 4 is 16.5 Å². The van der Waals surface area contributed by atoms with Crippen molar-refractivity contribution in [2.75, 3.05) is 18.0 Å². The molecule has 1 heterocycles. The molecule has 2 aromatic carbocycles. The van der Waals surface area contributed by atoms with Crippen LogP contribution < -0.4 is 10.6 Å². The molecule has 0 aromatic heterocycles. The molecule has 0 radical (unpaired) electrons. The molecule has 1 fully saturated rings. The number of hydrogen-bond donors (Lipinski definition) is 3. The van der Waals surface area contributed by atoms with Gasteiger partial charge in [0, 0.05) is 30.7 Å². The zero-order valence-corrected chi connectivity index (χ0v) is 10.7. The van der Waals surface area contributed by atoms with Gasteiger partial charge in [0.15, 0.2) is 0 Å². The molecule has 0 amide bonds. The Morgan fingerprint density at radius 3 is 2.26 bits per heavy atom. The van der Waals surface area contributed by atoms with Gasteiger partial charge in [0.1, 0.15) is 0 Å². The number of anilines is 1. The first kappa shape index (κ1) is 12.4. The molecule has 3 rings (SSSR count). The Morgan fingerprint density at radius 1 is 1.00 bits per heavy atom.